The Hall–Kier alpha value is -0.980. The van der Waals surface area contributed by atoms with Crippen LogP contribution in [0.1, 0.15) is 13.3 Å². The van der Waals surface area contributed by atoms with E-state index in [9.17, 15) is 13.2 Å². The summed E-state index contributed by atoms with van der Waals surface area (Å²) in [5, 5.41) is 0.465. The van der Waals surface area contributed by atoms with Gasteiger partial charge in [0.25, 0.3) is 0 Å². The predicted octanol–water partition coefficient (Wildman–Crippen LogP) is 2.50. The van der Waals surface area contributed by atoms with Crippen molar-refractivity contribution in [2.24, 2.45) is 0 Å². The van der Waals surface area contributed by atoms with E-state index in [1.54, 1.807) is 0 Å². The molecule has 1 heterocycles. The van der Waals surface area contributed by atoms with E-state index in [0.29, 0.717) is 18.0 Å². The average Bonchev–Trinajstić information content (AvgIpc) is 2.48. The minimum Gasteiger partial charge on any atom is -0.383 e. The van der Waals surface area contributed by atoms with Crippen LogP contribution in [0.5, 0.6) is 0 Å². The smallest absolute Gasteiger partial charge is 0.383 e. The first kappa shape index (κ1) is 12.1. The van der Waals surface area contributed by atoms with E-state index in [1.807, 2.05) is 6.92 Å². The van der Waals surface area contributed by atoms with Gasteiger partial charge in [0, 0.05) is 12.6 Å². The van der Waals surface area contributed by atoms with Crippen molar-refractivity contribution in [2.75, 3.05) is 23.7 Å². The Morgan fingerprint density at radius 1 is 1.53 bits per heavy atom. The highest BCUT2D eigenvalue weighted by atomic mass is 32.1. The minimum atomic E-state index is -4.20. The van der Waals surface area contributed by atoms with E-state index in [1.165, 1.54) is 11.0 Å². The van der Waals surface area contributed by atoms with Crippen LogP contribution in [0.15, 0.2) is 6.07 Å². The summed E-state index contributed by atoms with van der Waals surface area (Å²) in [6, 6.07) is 1.46. The van der Waals surface area contributed by atoms with Crippen LogP contribution in [-0.4, -0.2) is 23.6 Å². The first-order chi connectivity index (χ1) is 6.92. The van der Waals surface area contributed by atoms with Gasteiger partial charge in [-0.3, -0.25) is 0 Å². The van der Waals surface area contributed by atoms with Crippen LogP contribution in [-0.2, 0) is 0 Å². The van der Waals surface area contributed by atoms with Crippen LogP contribution in [0.3, 0.4) is 0 Å². The van der Waals surface area contributed by atoms with Crippen LogP contribution < -0.4 is 10.6 Å². The third kappa shape index (κ3) is 3.94. The van der Waals surface area contributed by atoms with E-state index < -0.39 is 12.7 Å². The highest BCUT2D eigenvalue weighted by Crippen LogP contribution is 2.27. The van der Waals surface area contributed by atoms with Crippen molar-refractivity contribution in [2.45, 2.75) is 19.5 Å². The monoisotopic (exact) mass is 239 g/mol. The molecule has 86 valence electrons. The second kappa shape index (κ2) is 4.69. The Bertz CT molecular complexity index is 310. The molecule has 0 amide bonds. The number of aromatic nitrogens is 1. The van der Waals surface area contributed by atoms with E-state index in [4.69, 9.17) is 5.73 Å². The highest BCUT2D eigenvalue weighted by Gasteiger charge is 2.31. The second-order valence-electron chi connectivity index (χ2n) is 3.13. The van der Waals surface area contributed by atoms with Gasteiger partial charge in [0.1, 0.15) is 17.4 Å². The third-order valence-corrected chi connectivity index (χ3v) is 2.56. The number of alkyl halides is 3. The Labute approximate surface area is 89.9 Å². The van der Waals surface area contributed by atoms with Gasteiger partial charge in [0.05, 0.1) is 0 Å². The molecule has 0 aromatic carbocycles. The summed E-state index contributed by atoms with van der Waals surface area (Å²) in [5.74, 6) is 0.262. The summed E-state index contributed by atoms with van der Waals surface area (Å²) < 4.78 is 40.5. The molecule has 15 heavy (non-hydrogen) atoms. The van der Waals surface area contributed by atoms with Gasteiger partial charge in [0.15, 0.2) is 0 Å². The van der Waals surface area contributed by atoms with Gasteiger partial charge >= 0.3 is 6.18 Å². The van der Waals surface area contributed by atoms with Gasteiger partial charge in [-0.25, -0.2) is 0 Å². The normalized spacial score (nSPS) is 11.7. The van der Waals surface area contributed by atoms with Crippen molar-refractivity contribution < 1.29 is 13.2 Å². The van der Waals surface area contributed by atoms with Gasteiger partial charge in [-0.2, -0.15) is 17.5 Å². The molecule has 0 fully saturated rings. The summed E-state index contributed by atoms with van der Waals surface area (Å²) in [4.78, 5) is 1.24. The standard InChI is InChI=1S/C8H12F3N3S/c1-2-3-14(5-8(9,10)11)7-4-6(12)13-15-7/h4H,2-3,5H2,1H3,(H2,12,13). The van der Waals surface area contributed by atoms with Crippen molar-refractivity contribution in [3.8, 4) is 0 Å². The Morgan fingerprint density at radius 2 is 2.20 bits per heavy atom. The Balaban J connectivity index is 2.74. The van der Waals surface area contributed by atoms with Crippen LogP contribution in [0, 0.1) is 0 Å². The lowest BCUT2D eigenvalue weighted by Gasteiger charge is -2.22. The van der Waals surface area contributed by atoms with Gasteiger partial charge in [-0.05, 0) is 18.0 Å². The summed E-state index contributed by atoms with van der Waals surface area (Å²) in [7, 11) is 0. The lowest BCUT2D eigenvalue weighted by Crippen LogP contribution is -2.34. The zero-order chi connectivity index (χ0) is 11.5. The molecule has 0 aliphatic carbocycles. The fraction of sp³-hybridized carbons (Fsp3) is 0.625. The quantitative estimate of drug-likeness (QED) is 0.877. The van der Waals surface area contributed by atoms with Crippen molar-refractivity contribution in [3.05, 3.63) is 6.07 Å². The maximum absolute atomic E-state index is 12.2. The van der Waals surface area contributed by atoms with Crippen molar-refractivity contribution in [1.29, 1.82) is 0 Å². The van der Waals surface area contributed by atoms with Gasteiger partial charge in [-0.1, -0.05) is 6.92 Å². The summed E-state index contributed by atoms with van der Waals surface area (Å²) in [6.45, 7) is 1.22. The molecule has 7 heteroatoms. The predicted molar refractivity (Wildman–Crippen MR) is 55.1 cm³/mol. The maximum atomic E-state index is 12.2. The molecular formula is C8H12F3N3S. The lowest BCUT2D eigenvalue weighted by atomic mass is 10.4. The topological polar surface area (TPSA) is 42.1 Å². The molecule has 0 atom stereocenters. The second-order valence-corrected chi connectivity index (χ2v) is 3.91. The molecular weight excluding hydrogens is 227 g/mol. The maximum Gasteiger partial charge on any atom is 0.405 e. The Kier molecular flexibility index (Phi) is 3.78. The first-order valence-corrected chi connectivity index (χ1v) is 5.23. The number of nitrogens with zero attached hydrogens (tertiary/aromatic N) is 2. The molecule has 1 aromatic heterocycles. The Morgan fingerprint density at radius 3 is 2.60 bits per heavy atom. The van der Waals surface area contributed by atoms with Crippen LogP contribution in [0.25, 0.3) is 0 Å². The van der Waals surface area contributed by atoms with Crippen LogP contribution >= 0.6 is 11.5 Å². The zero-order valence-corrected chi connectivity index (χ0v) is 9.03. The fourth-order valence-electron chi connectivity index (χ4n) is 1.18. The summed E-state index contributed by atoms with van der Waals surface area (Å²) in [6.07, 6.45) is -3.55. The minimum absolute atomic E-state index is 0.262. The number of halogens is 3. The van der Waals surface area contributed by atoms with Crippen molar-refractivity contribution in [3.63, 3.8) is 0 Å². The number of hydrogen-bond acceptors (Lipinski definition) is 4. The fourth-order valence-corrected chi connectivity index (χ4v) is 1.88. The van der Waals surface area contributed by atoms with Gasteiger partial charge < -0.3 is 10.6 Å². The van der Waals surface area contributed by atoms with Crippen LogP contribution in [0.4, 0.5) is 24.0 Å². The SMILES string of the molecule is CCCN(CC(F)(F)F)c1cc(N)ns1. The molecule has 0 bridgehead atoms. The highest BCUT2D eigenvalue weighted by molar-refractivity contribution is 7.10. The van der Waals surface area contributed by atoms with E-state index in [-0.39, 0.29) is 5.82 Å². The largest absolute Gasteiger partial charge is 0.405 e. The number of anilines is 2. The van der Waals surface area contributed by atoms with Gasteiger partial charge in [0.2, 0.25) is 0 Å². The number of nitrogens with two attached hydrogens (primary N) is 1. The number of rotatable bonds is 4. The van der Waals surface area contributed by atoms with E-state index in [0.717, 1.165) is 11.5 Å². The van der Waals surface area contributed by atoms with E-state index in [2.05, 4.69) is 4.37 Å². The van der Waals surface area contributed by atoms with Gasteiger partial charge in [-0.15, -0.1) is 0 Å². The molecule has 0 radical (unpaired) electrons. The molecule has 1 aromatic rings. The number of nitrogen functional groups attached to an aromatic ring is 1. The molecule has 0 spiro atoms. The summed E-state index contributed by atoms with van der Waals surface area (Å²) >= 11 is 0.989. The number of hydrogen-bond donors (Lipinski definition) is 1. The van der Waals surface area contributed by atoms with Crippen LogP contribution in [0.2, 0.25) is 0 Å². The van der Waals surface area contributed by atoms with Crippen molar-refractivity contribution >= 4 is 22.4 Å². The molecule has 3 nitrogen and oxygen atoms in total. The zero-order valence-electron chi connectivity index (χ0n) is 8.21. The molecule has 1 rings (SSSR count). The molecule has 2 N–H and O–H groups in total. The summed E-state index contributed by atoms with van der Waals surface area (Å²) in [5.41, 5.74) is 5.37. The molecule has 0 unspecified atom stereocenters. The molecule has 0 saturated heterocycles. The lowest BCUT2D eigenvalue weighted by molar-refractivity contribution is -0.119. The van der Waals surface area contributed by atoms with Crippen molar-refractivity contribution in [1.82, 2.24) is 4.37 Å². The average molecular weight is 239 g/mol. The first-order valence-electron chi connectivity index (χ1n) is 4.46. The third-order valence-electron chi connectivity index (χ3n) is 1.69. The molecule has 0 saturated carbocycles. The molecule has 0 aliphatic rings. The molecule has 0 aliphatic heterocycles. The van der Waals surface area contributed by atoms with E-state index >= 15 is 0 Å².